The van der Waals surface area contributed by atoms with E-state index >= 15 is 0 Å². The number of hydrogen-bond donors (Lipinski definition) is 1. The second-order valence-corrected chi connectivity index (χ2v) is 5.95. The minimum Gasteiger partial charge on any atom is -0.489 e. The molecule has 0 spiro atoms. The van der Waals surface area contributed by atoms with E-state index in [1.54, 1.807) is 0 Å². The number of anilines is 1. The molecule has 1 aromatic heterocycles. The number of ether oxygens (including phenoxy) is 3. The summed E-state index contributed by atoms with van der Waals surface area (Å²) in [6.07, 6.45) is -3.27. The summed E-state index contributed by atoms with van der Waals surface area (Å²) >= 11 is 0. The first kappa shape index (κ1) is 22.4. The molecule has 1 amide bonds. The first-order valence-corrected chi connectivity index (χ1v) is 8.60. The van der Waals surface area contributed by atoms with Crippen molar-refractivity contribution in [1.82, 2.24) is 4.57 Å². The summed E-state index contributed by atoms with van der Waals surface area (Å²) in [4.78, 5) is 24.4. The van der Waals surface area contributed by atoms with E-state index in [0.29, 0.717) is 0 Å². The molecule has 1 heterocycles. The molecule has 0 saturated carbocycles. The number of pyridine rings is 1. The van der Waals surface area contributed by atoms with E-state index in [1.807, 2.05) is 0 Å². The summed E-state index contributed by atoms with van der Waals surface area (Å²) in [6, 6.07) is 5.28. The van der Waals surface area contributed by atoms with E-state index in [9.17, 15) is 22.8 Å². The van der Waals surface area contributed by atoms with Gasteiger partial charge in [0.25, 0.3) is 11.5 Å². The number of nitrogens with zero attached hydrogens (tertiary/aromatic N) is 1. The molecule has 1 aromatic carbocycles. The van der Waals surface area contributed by atoms with Gasteiger partial charge in [-0.2, -0.15) is 13.2 Å². The Kier molecular flexibility index (Phi) is 7.80. The Morgan fingerprint density at radius 1 is 1.07 bits per heavy atom. The summed E-state index contributed by atoms with van der Waals surface area (Å²) in [5.74, 6) is -0.622. The van der Waals surface area contributed by atoms with Crippen molar-refractivity contribution in [2.75, 3.05) is 39.4 Å². The lowest BCUT2D eigenvalue weighted by Gasteiger charge is -2.15. The second kappa shape index (κ2) is 10.1. The minimum absolute atomic E-state index is 0.0658. The fraction of sp³-hybridized carbons (Fsp3) is 0.368. The predicted octanol–water partition coefficient (Wildman–Crippen LogP) is 2.79. The smallest absolute Gasteiger partial charge is 0.416 e. The van der Waals surface area contributed by atoms with Gasteiger partial charge in [0.05, 0.1) is 30.0 Å². The maximum Gasteiger partial charge on any atom is 0.416 e. The molecule has 0 aliphatic heterocycles. The number of halogens is 3. The van der Waals surface area contributed by atoms with Crippen LogP contribution in [-0.4, -0.2) is 44.5 Å². The number of benzene rings is 1. The summed E-state index contributed by atoms with van der Waals surface area (Å²) < 4.78 is 55.6. The zero-order valence-corrected chi connectivity index (χ0v) is 15.9. The minimum atomic E-state index is -4.59. The Bertz CT molecular complexity index is 896. The van der Waals surface area contributed by atoms with Crippen molar-refractivity contribution in [3.8, 4) is 5.75 Å². The molecule has 2 aromatic rings. The number of carbonyl (C=O) groups excluding carboxylic acids is 1. The van der Waals surface area contributed by atoms with Crippen molar-refractivity contribution in [1.29, 1.82) is 0 Å². The third kappa shape index (κ3) is 6.33. The number of methoxy groups -OCH3 is 2. The molecular weight excluding hydrogens is 393 g/mol. The molecule has 0 unspecified atom stereocenters. The van der Waals surface area contributed by atoms with E-state index in [2.05, 4.69) is 5.32 Å². The van der Waals surface area contributed by atoms with Crippen LogP contribution in [0.15, 0.2) is 41.3 Å². The van der Waals surface area contributed by atoms with Crippen LogP contribution in [0.3, 0.4) is 0 Å². The summed E-state index contributed by atoms with van der Waals surface area (Å²) in [6.45, 7) is 0.799. The fourth-order valence-electron chi connectivity index (χ4n) is 2.39. The molecule has 0 bridgehead atoms. The number of alkyl halides is 3. The molecule has 1 N–H and O–H groups in total. The van der Waals surface area contributed by atoms with Gasteiger partial charge in [0, 0.05) is 33.0 Å². The number of rotatable bonds is 9. The molecule has 0 aliphatic rings. The molecule has 0 radical (unpaired) electrons. The topological polar surface area (TPSA) is 78.8 Å². The van der Waals surface area contributed by atoms with Crippen LogP contribution in [0.4, 0.5) is 18.9 Å². The van der Waals surface area contributed by atoms with Gasteiger partial charge in [-0.3, -0.25) is 9.59 Å². The van der Waals surface area contributed by atoms with Crippen LogP contribution in [0.1, 0.15) is 15.9 Å². The highest BCUT2D eigenvalue weighted by Crippen LogP contribution is 2.35. The van der Waals surface area contributed by atoms with Crippen LogP contribution in [-0.2, 0) is 22.2 Å². The Balaban J connectivity index is 2.30. The monoisotopic (exact) mass is 414 g/mol. The maximum absolute atomic E-state index is 13.1. The van der Waals surface area contributed by atoms with Gasteiger partial charge < -0.3 is 24.1 Å². The normalized spacial score (nSPS) is 11.3. The molecular formula is C19H21F3N2O5. The third-order valence-electron chi connectivity index (χ3n) is 3.88. The summed E-state index contributed by atoms with van der Waals surface area (Å²) in [7, 11) is 2.93. The number of aromatic nitrogens is 1. The zero-order valence-electron chi connectivity index (χ0n) is 15.9. The second-order valence-electron chi connectivity index (χ2n) is 5.95. The molecule has 29 heavy (non-hydrogen) atoms. The number of hydrogen-bond acceptors (Lipinski definition) is 5. The third-order valence-corrected chi connectivity index (χ3v) is 3.88. The average Bonchev–Trinajstić information content (AvgIpc) is 2.67. The fourth-order valence-corrected chi connectivity index (χ4v) is 2.39. The van der Waals surface area contributed by atoms with Gasteiger partial charge in [-0.25, -0.2) is 0 Å². The van der Waals surface area contributed by atoms with E-state index in [0.717, 1.165) is 18.2 Å². The maximum atomic E-state index is 13.1. The highest BCUT2D eigenvalue weighted by atomic mass is 19.4. The first-order chi connectivity index (χ1) is 13.8. The molecule has 0 aliphatic carbocycles. The van der Waals surface area contributed by atoms with Gasteiger partial charge in [-0.05, 0) is 24.3 Å². The van der Waals surface area contributed by atoms with Gasteiger partial charge in [-0.1, -0.05) is 0 Å². The quantitative estimate of drug-likeness (QED) is 0.639. The van der Waals surface area contributed by atoms with Crippen molar-refractivity contribution < 1.29 is 32.2 Å². The highest BCUT2D eigenvalue weighted by molar-refractivity contribution is 6.04. The first-order valence-electron chi connectivity index (χ1n) is 8.60. The SMILES string of the molecule is COCCOc1ccc(C(F)(F)F)cc1NC(=O)c1ccc(=O)n(CCOC)c1. The zero-order chi connectivity index (χ0) is 21.4. The van der Waals surface area contributed by atoms with Crippen LogP contribution in [0.25, 0.3) is 0 Å². The molecule has 158 valence electrons. The van der Waals surface area contributed by atoms with Crippen LogP contribution in [0.5, 0.6) is 5.75 Å². The van der Waals surface area contributed by atoms with Crippen LogP contribution in [0, 0.1) is 0 Å². The Morgan fingerprint density at radius 3 is 2.45 bits per heavy atom. The number of carbonyl (C=O) groups is 1. The van der Waals surface area contributed by atoms with E-state index in [-0.39, 0.29) is 48.9 Å². The van der Waals surface area contributed by atoms with E-state index < -0.39 is 17.6 Å². The molecule has 0 saturated heterocycles. The lowest BCUT2D eigenvalue weighted by atomic mass is 10.1. The lowest BCUT2D eigenvalue weighted by Crippen LogP contribution is -2.24. The van der Waals surface area contributed by atoms with Crippen molar-refractivity contribution >= 4 is 11.6 Å². The summed E-state index contributed by atoms with van der Waals surface area (Å²) in [5.41, 5.74) is -1.31. The van der Waals surface area contributed by atoms with Gasteiger partial charge in [0.15, 0.2) is 0 Å². The number of amides is 1. The van der Waals surface area contributed by atoms with E-state index in [4.69, 9.17) is 14.2 Å². The Morgan fingerprint density at radius 2 is 1.79 bits per heavy atom. The predicted molar refractivity (Wildman–Crippen MR) is 99.3 cm³/mol. The largest absolute Gasteiger partial charge is 0.489 e. The molecule has 7 nitrogen and oxygen atoms in total. The molecule has 0 atom stereocenters. The Hall–Kier alpha value is -2.85. The Labute approximate surface area is 165 Å². The van der Waals surface area contributed by atoms with Crippen LogP contribution >= 0.6 is 0 Å². The molecule has 0 fully saturated rings. The van der Waals surface area contributed by atoms with Crippen LogP contribution < -0.4 is 15.6 Å². The standard InChI is InChI=1S/C19H21F3N2O5/c1-27-8-7-24-12-13(3-6-17(24)25)18(26)23-15-11-14(19(20,21)22)4-5-16(15)29-10-9-28-2/h3-6,11-12H,7-10H2,1-2H3,(H,23,26). The van der Waals surface area contributed by atoms with Gasteiger partial charge in [0.2, 0.25) is 0 Å². The lowest BCUT2D eigenvalue weighted by molar-refractivity contribution is -0.137. The average molecular weight is 414 g/mol. The van der Waals surface area contributed by atoms with Crippen molar-refractivity contribution in [3.05, 3.63) is 58.0 Å². The molecule has 2 rings (SSSR count). The van der Waals surface area contributed by atoms with Crippen molar-refractivity contribution in [2.24, 2.45) is 0 Å². The van der Waals surface area contributed by atoms with Crippen molar-refractivity contribution in [2.45, 2.75) is 12.7 Å². The summed E-state index contributed by atoms with van der Waals surface area (Å²) in [5, 5.41) is 2.42. The van der Waals surface area contributed by atoms with Crippen LogP contribution in [0.2, 0.25) is 0 Å². The highest BCUT2D eigenvalue weighted by Gasteiger charge is 2.31. The van der Waals surface area contributed by atoms with E-state index in [1.165, 1.54) is 37.1 Å². The van der Waals surface area contributed by atoms with Crippen molar-refractivity contribution in [3.63, 3.8) is 0 Å². The van der Waals surface area contributed by atoms with Gasteiger partial charge >= 0.3 is 6.18 Å². The molecule has 10 heteroatoms. The van der Waals surface area contributed by atoms with Gasteiger partial charge in [0.1, 0.15) is 12.4 Å². The number of nitrogens with one attached hydrogen (secondary N) is 1. The van der Waals surface area contributed by atoms with Gasteiger partial charge in [-0.15, -0.1) is 0 Å².